The van der Waals surface area contributed by atoms with E-state index in [1.807, 2.05) is 49.9 Å². The zero-order chi connectivity index (χ0) is 33.0. The van der Waals surface area contributed by atoms with Crippen molar-refractivity contribution in [1.29, 1.82) is 0 Å². The fourth-order valence-corrected chi connectivity index (χ4v) is 5.63. The van der Waals surface area contributed by atoms with Crippen molar-refractivity contribution in [3.05, 3.63) is 58.1 Å². The third-order valence-corrected chi connectivity index (χ3v) is 8.46. The Balaban J connectivity index is 1.30. The molecule has 2 N–H and O–H groups in total. The van der Waals surface area contributed by atoms with Crippen LogP contribution >= 0.6 is 11.6 Å². The quantitative estimate of drug-likeness (QED) is 0.260. The number of hydrogen-bond acceptors (Lipinski definition) is 6. The summed E-state index contributed by atoms with van der Waals surface area (Å²) in [6.07, 6.45) is 4.56. The highest BCUT2D eigenvalue weighted by Gasteiger charge is 2.23. The van der Waals surface area contributed by atoms with Crippen molar-refractivity contribution < 1.29 is 19.1 Å². The predicted octanol–water partition coefficient (Wildman–Crippen LogP) is 5.92. The summed E-state index contributed by atoms with van der Waals surface area (Å²) in [6.45, 7) is 19.2. The van der Waals surface area contributed by atoms with E-state index in [2.05, 4.69) is 36.0 Å². The fourth-order valence-electron chi connectivity index (χ4n) is 5.50. The van der Waals surface area contributed by atoms with Crippen LogP contribution in [-0.4, -0.2) is 90.9 Å². The molecule has 9 nitrogen and oxygen atoms in total. The van der Waals surface area contributed by atoms with Crippen LogP contribution in [0.3, 0.4) is 0 Å². The number of halogens is 1. The maximum Gasteiger partial charge on any atom is 0.407 e. The molecule has 1 fully saturated rings. The molecular formula is C35H52ClN5O4. The van der Waals surface area contributed by atoms with E-state index in [0.717, 1.165) is 87.2 Å². The van der Waals surface area contributed by atoms with E-state index in [4.69, 9.17) is 21.3 Å². The molecule has 0 unspecified atom stereocenters. The molecule has 0 bridgehead atoms. The number of ether oxygens (including phenoxy) is 1. The second-order valence-electron chi connectivity index (χ2n) is 13.1. The van der Waals surface area contributed by atoms with Crippen LogP contribution in [0.4, 0.5) is 4.79 Å². The van der Waals surface area contributed by atoms with Gasteiger partial charge in [-0.15, -0.1) is 0 Å². The molecule has 0 radical (unpaired) electrons. The van der Waals surface area contributed by atoms with Crippen molar-refractivity contribution in [2.45, 2.75) is 91.2 Å². The highest BCUT2D eigenvalue weighted by molar-refractivity contribution is 6.30. The van der Waals surface area contributed by atoms with E-state index < -0.39 is 11.7 Å². The Morgan fingerprint density at radius 2 is 1.64 bits per heavy atom. The van der Waals surface area contributed by atoms with Crippen LogP contribution in [0.15, 0.2) is 52.6 Å². The summed E-state index contributed by atoms with van der Waals surface area (Å²) in [7, 11) is 0. The van der Waals surface area contributed by atoms with E-state index >= 15 is 0 Å². The molecule has 2 aliphatic rings. The van der Waals surface area contributed by atoms with E-state index in [1.165, 1.54) is 5.57 Å². The Morgan fingerprint density at radius 1 is 0.978 bits per heavy atom. The topological polar surface area (TPSA) is 103 Å². The molecule has 45 heavy (non-hydrogen) atoms. The van der Waals surface area contributed by atoms with Gasteiger partial charge in [-0.3, -0.25) is 19.5 Å². The Kier molecular flexibility index (Phi) is 14.1. The first-order valence-electron chi connectivity index (χ1n) is 16.3. The molecule has 2 aliphatic heterocycles. The zero-order valence-electron chi connectivity index (χ0n) is 27.8. The molecule has 1 saturated heterocycles. The van der Waals surface area contributed by atoms with Crippen LogP contribution in [-0.2, 0) is 14.3 Å². The second-order valence-corrected chi connectivity index (χ2v) is 13.5. The number of piperazine rings is 1. The number of unbranched alkanes of at least 4 members (excludes halogenated alkanes) is 2. The summed E-state index contributed by atoms with van der Waals surface area (Å²) < 4.78 is 5.23. The molecule has 1 aromatic rings. The van der Waals surface area contributed by atoms with Gasteiger partial charge in [0, 0.05) is 62.7 Å². The summed E-state index contributed by atoms with van der Waals surface area (Å²) in [5.41, 5.74) is 4.50. The number of alkyl carbamates (subject to hydrolysis) is 1. The largest absolute Gasteiger partial charge is 0.444 e. The summed E-state index contributed by atoms with van der Waals surface area (Å²) in [6, 6.07) is 7.45. The lowest BCUT2D eigenvalue weighted by molar-refractivity contribution is -0.133. The molecule has 3 rings (SSSR count). The molecule has 248 valence electrons. The number of allylic oxidation sites excluding steroid dienone is 2. The lowest BCUT2D eigenvalue weighted by Gasteiger charge is -2.34. The standard InChI is InChI=1S/C35H52ClN5O4/c1-25-23-30(39-33(27(3)26(25)2)28-12-14-29(36)15-13-28)24-31(42)37-17-10-18-40-19-21-41(22-20-40)32(43)11-8-7-9-16-38-34(44)45-35(4,5)6/h12-15,30H,3,7-11,16-24H2,1-2,4-6H3,(H,37,42)(H,38,44)/t30-/m0/s1. The van der Waals surface area contributed by atoms with Crippen LogP contribution in [0.2, 0.25) is 5.02 Å². The van der Waals surface area contributed by atoms with Crippen molar-refractivity contribution in [1.82, 2.24) is 20.4 Å². The van der Waals surface area contributed by atoms with Crippen molar-refractivity contribution in [2.75, 3.05) is 45.8 Å². The lowest BCUT2D eigenvalue weighted by atomic mass is 9.95. The average Bonchev–Trinajstić information content (AvgIpc) is 3.08. The number of carbonyl (C=O) groups excluding carboxylic acids is 3. The van der Waals surface area contributed by atoms with Gasteiger partial charge in [-0.1, -0.05) is 42.3 Å². The first kappa shape index (κ1) is 36.3. The van der Waals surface area contributed by atoms with Crippen LogP contribution in [0.25, 0.3) is 0 Å². The highest BCUT2D eigenvalue weighted by Crippen LogP contribution is 2.28. The molecule has 2 heterocycles. The molecule has 3 amide bonds. The maximum atomic E-state index is 12.9. The normalized spacial score (nSPS) is 17.9. The first-order valence-corrected chi connectivity index (χ1v) is 16.6. The van der Waals surface area contributed by atoms with E-state index in [1.54, 1.807) is 0 Å². The monoisotopic (exact) mass is 641 g/mol. The minimum atomic E-state index is -0.501. The number of benzene rings is 1. The smallest absolute Gasteiger partial charge is 0.407 e. The Labute approximate surface area is 274 Å². The first-order chi connectivity index (χ1) is 21.3. The van der Waals surface area contributed by atoms with E-state index in [0.29, 0.717) is 31.0 Å². The highest BCUT2D eigenvalue weighted by atomic mass is 35.5. The van der Waals surface area contributed by atoms with E-state index in [-0.39, 0.29) is 17.9 Å². The summed E-state index contributed by atoms with van der Waals surface area (Å²) in [5, 5.41) is 6.51. The SMILES string of the molecule is C=C1C(c2ccc(Cl)cc2)=N[C@H](CC(=O)NCCCN2CCN(C(=O)CCCCCNC(=O)OC(C)(C)C)CC2)CC(C)=C1C. The Hall–Kier alpha value is -3.17. The third-order valence-electron chi connectivity index (χ3n) is 8.20. The van der Waals surface area contributed by atoms with Gasteiger partial charge >= 0.3 is 6.09 Å². The summed E-state index contributed by atoms with van der Waals surface area (Å²) in [4.78, 5) is 46.5. The van der Waals surface area contributed by atoms with Gasteiger partial charge in [0.1, 0.15) is 5.60 Å². The van der Waals surface area contributed by atoms with Gasteiger partial charge in [0.15, 0.2) is 0 Å². The number of nitrogens with zero attached hydrogens (tertiary/aromatic N) is 3. The van der Waals surface area contributed by atoms with Crippen molar-refractivity contribution in [3.8, 4) is 0 Å². The minimum Gasteiger partial charge on any atom is -0.444 e. The lowest BCUT2D eigenvalue weighted by Crippen LogP contribution is -2.49. The van der Waals surface area contributed by atoms with Crippen LogP contribution in [0.1, 0.15) is 85.1 Å². The number of rotatable bonds is 13. The molecule has 10 heteroatoms. The second kappa shape index (κ2) is 17.5. The van der Waals surface area contributed by atoms with Gasteiger partial charge in [-0.25, -0.2) is 4.79 Å². The fraction of sp³-hybridized carbons (Fsp3) is 0.600. The van der Waals surface area contributed by atoms with Gasteiger partial charge in [0.05, 0.1) is 11.8 Å². The van der Waals surface area contributed by atoms with E-state index in [9.17, 15) is 14.4 Å². The molecular weight excluding hydrogens is 590 g/mol. The van der Waals surface area contributed by atoms with Crippen LogP contribution in [0.5, 0.6) is 0 Å². The molecule has 0 saturated carbocycles. The van der Waals surface area contributed by atoms with Gasteiger partial charge < -0.3 is 20.3 Å². The van der Waals surface area contributed by atoms with Gasteiger partial charge in [-0.2, -0.15) is 0 Å². The Morgan fingerprint density at radius 3 is 2.31 bits per heavy atom. The Bertz CT molecular complexity index is 1240. The third kappa shape index (κ3) is 12.6. The molecule has 0 aromatic heterocycles. The van der Waals surface area contributed by atoms with Crippen LogP contribution < -0.4 is 10.6 Å². The number of nitrogens with one attached hydrogen (secondary N) is 2. The van der Waals surface area contributed by atoms with Gasteiger partial charge in [-0.05, 0) is 90.1 Å². The number of hydrogen-bond donors (Lipinski definition) is 2. The summed E-state index contributed by atoms with van der Waals surface area (Å²) >= 11 is 6.09. The maximum absolute atomic E-state index is 12.9. The number of aliphatic imine (C=N–C) groups is 1. The molecule has 1 atom stereocenters. The van der Waals surface area contributed by atoms with Crippen LogP contribution in [0, 0.1) is 0 Å². The van der Waals surface area contributed by atoms with Gasteiger partial charge in [0.2, 0.25) is 11.8 Å². The van der Waals surface area contributed by atoms with Crippen molar-refractivity contribution in [2.24, 2.45) is 4.99 Å². The molecule has 1 aromatic carbocycles. The van der Waals surface area contributed by atoms with Gasteiger partial charge in [0.25, 0.3) is 0 Å². The number of amides is 3. The molecule has 0 aliphatic carbocycles. The zero-order valence-corrected chi connectivity index (χ0v) is 28.6. The van der Waals surface area contributed by atoms with Crippen molar-refractivity contribution in [3.63, 3.8) is 0 Å². The molecule has 0 spiro atoms. The average molecular weight is 642 g/mol. The van der Waals surface area contributed by atoms with Crippen molar-refractivity contribution >= 4 is 35.2 Å². The summed E-state index contributed by atoms with van der Waals surface area (Å²) in [5.74, 6) is 0.208. The number of carbonyl (C=O) groups is 3. The minimum absolute atomic E-state index is 0.00760. The predicted molar refractivity (Wildman–Crippen MR) is 182 cm³/mol.